The van der Waals surface area contributed by atoms with Gasteiger partial charge in [0.25, 0.3) is 11.5 Å². The zero-order valence-electron chi connectivity index (χ0n) is 24.4. The lowest BCUT2D eigenvalue weighted by molar-refractivity contribution is -0.119. The topological polar surface area (TPSA) is 128 Å². The summed E-state index contributed by atoms with van der Waals surface area (Å²) in [5, 5.41) is 20.5. The zero-order valence-corrected chi connectivity index (χ0v) is 25.9. The Morgan fingerprint density at radius 2 is 1.85 bits per heavy atom. The summed E-state index contributed by atoms with van der Waals surface area (Å²) in [5.41, 5.74) is 2.53. The summed E-state index contributed by atoms with van der Waals surface area (Å²) in [6.07, 6.45) is 6.05. The maximum atomic E-state index is 14.4. The van der Waals surface area contributed by atoms with Crippen LogP contribution >= 0.6 is 23.2 Å². The molecule has 0 aliphatic carbocycles. The van der Waals surface area contributed by atoms with Crippen LogP contribution in [0, 0.1) is 5.92 Å². The molecule has 46 heavy (non-hydrogen) atoms. The predicted octanol–water partition coefficient (Wildman–Crippen LogP) is 6.29. The average molecular weight is 667 g/mol. The van der Waals surface area contributed by atoms with Crippen molar-refractivity contribution in [3.05, 3.63) is 105 Å². The van der Waals surface area contributed by atoms with Crippen LogP contribution in [-0.2, 0) is 10.7 Å². The predicted molar refractivity (Wildman–Crippen MR) is 169 cm³/mol. The van der Waals surface area contributed by atoms with Crippen molar-refractivity contribution in [2.45, 2.75) is 38.2 Å². The van der Waals surface area contributed by atoms with E-state index in [4.69, 9.17) is 23.2 Å². The van der Waals surface area contributed by atoms with E-state index < -0.39 is 30.1 Å². The summed E-state index contributed by atoms with van der Waals surface area (Å²) >= 11 is 12.3. The number of nitrogens with one attached hydrogen (secondary N) is 1. The van der Waals surface area contributed by atoms with E-state index >= 15 is 0 Å². The molecule has 0 saturated heterocycles. The Balaban J connectivity index is 1.43. The first-order chi connectivity index (χ1) is 22.0. The van der Waals surface area contributed by atoms with Crippen LogP contribution < -0.4 is 10.9 Å². The van der Waals surface area contributed by atoms with E-state index in [-0.39, 0.29) is 22.3 Å². The molecule has 0 fully saturated rings. The molecule has 0 radical (unpaired) electrons. The van der Waals surface area contributed by atoms with E-state index in [1.807, 2.05) is 0 Å². The van der Waals surface area contributed by atoms with E-state index in [0.29, 0.717) is 58.1 Å². The van der Waals surface area contributed by atoms with Crippen LogP contribution in [-0.4, -0.2) is 47.1 Å². The fraction of sp³-hybridized carbons (Fsp3) is 0.250. The van der Waals surface area contributed by atoms with Crippen molar-refractivity contribution in [1.82, 2.24) is 29.5 Å². The lowest BCUT2D eigenvalue weighted by Crippen LogP contribution is -2.27. The number of aliphatic hydroxyl groups excluding tert-OH is 1. The lowest BCUT2D eigenvalue weighted by Gasteiger charge is -2.23. The Hall–Kier alpha value is -4.52. The van der Waals surface area contributed by atoms with Gasteiger partial charge in [0, 0.05) is 45.6 Å². The van der Waals surface area contributed by atoms with Gasteiger partial charge in [-0.2, -0.15) is 8.78 Å². The number of aromatic nitrogens is 6. The smallest absolute Gasteiger partial charge is 0.295 e. The number of alkyl halides is 2. The van der Waals surface area contributed by atoms with Gasteiger partial charge in [0.15, 0.2) is 5.15 Å². The SMILES string of the molecule is CC1CCCC(n2cnc(-c3cc(Cl)ccc3-n3cc(Cl)nn3)cc2=O)c2cc(ccn2)-c2ccc(C(F)(F)CO)cc2NC1=O. The minimum absolute atomic E-state index is 0.186. The summed E-state index contributed by atoms with van der Waals surface area (Å²) in [7, 11) is 0. The number of carbonyl (C=O) groups is 1. The van der Waals surface area contributed by atoms with E-state index in [9.17, 15) is 23.5 Å². The van der Waals surface area contributed by atoms with Gasteiger partial charge in [-0.15, -0.1) is 5.10 Å². The Bertz CT molecular complexity index is 2000. The number of anilines is 1. The second kappa shape index (κ2) is 12.7. The van der Waals surface area contributed by atoms with Crippen molar-refractivity contribution in [3.8, 4) is 28.1 Å². The number of nitrogens with zero attached hydrogens (tertiary/aromatic N) is 6. The summed E-state index contributed by atoms with van der Waals surface area (Å²) in [5.74, 6) is -4.27. The van der Waals surface area contributed by atoms with Crippen molar-refractivity contribution in [2.24, 2.45) is 5.92 Å². The standard InChI is InChI=1S/C32H27Cl2F2N7O3/c1-18-3-2-4-28(26-11-19(9-10-37-26)22-7-5-20(32(35,36)16-44)12-25(22)39-31(18)46)42-17-38-24(14-30(42)45)23-13-21(33)6-8-27(23)43-15-29(34)40-41-43/h5-15,17-18,28,44H,2-4,16H2,1H3,(H,39,46). The number of fused-ring (bicyclic) bond motifs is 4. The molecule has 236 valence electrons. The molecule has 2 aromatic carbocycles. The third-order valence-electron chi connectivity index (χ3n) is 8.01. The van der Waals surface area contributed by atoms with Crippen LogP contribution in [0.1, 0.15) is 43.5 Å². The minimum atomic E-state index is -3.49. The second-order valence-electron chi connectivity index (χ2n) is 11.1. The van der Waals surface area contributed by atoms with Gasteiger partial charge in [-0.05, 0) is 54.8 Å². The van der Waals surface area contributed by atoms with E-state index in [2.05, 4.69) is 25.6 Å². The van der Waals surface area contributed by atoms with Crippen molar-refractivity contribution in [2.75, 3.05) is 11.9 Å². The maximum Gasteiger partial charge on any atom is 0.295 e. The number of pyridine rings is 1. The number of benzene rings is 2. The Kier molecular flexibility index (Phi) is 8.69. The normalized spacial score (nSPS) is 17.0. The molecule has 3 aromatic heterocycles. The van der Waals surface area contributed by atoms with Crippen LogP contribution in [0.15, 0.2) is 78.1 Å². The van der Waals surface area contributed by atoms with Gasteiger partial charge in [-0.3, -0.25) is 19.1 Å². The van der Waals surface area contributed by atoms with E-state index in [0.717, 1.165) is 0 Å². The monoisotopic (exact) mass is 665 g/mol. The van der Waals surface area contributed by atoms with Gasteiger partial charge >= 0.3 is 0 Å². The second-order valence-corrected chi connectivity index (χ2v) is 11.9. The van der Waals surface area contributed by atoms with Crippen LogP contribution in [0.4, 0.5) is 14.5 Å². The van der Waals surface area contributed by atoms with Gasteiger partial charge in [-0.25, -0.2) is 9.67 Å². The molecule has 2 unspecified atom stereocenters. The van der Waals surface area contributed by atoms with Gasteiger partial charge in [0.2, 0.25) is 5.91 Å². The molecule has 2 bridgehead atoms. The summed E-state index contributed by atoms with van der Waals surface area (Å²) in [6, 6.07) is 13.3. The minimum Gasteiger partial charge on any atom is -0.390 e. The highest BCUT2D eigenvalue weighted by atomic mass is 35.5. The molecule has 0 spiro atoms. The van der Waals surface area contributed by atoms with Gasteiger partial charge in [0.1, 0.15) is 6.61 Å². The largest absolute Gasteiger partial charge is 0.390 e. The molecule has 2 atom stereocenters. The number of carbonyl (C=O) groups excluding carboxylic acids is 1. The number of rotatable bonds is 5. The van der Waals surface area contributed by atoms with Crippen molar-refractivity contribution >= 4 is 34.8 Å². The first-order valence-electron chi connectivity index (χ1n) is 14.4. The third kappa shape index (κ3) is 6.28. The van der Waals surface area contributed by atoms with Crippen molar-refractivity contribution < 1.29 is 18.7 Å². The number of amides is 1. The first-order valence-corrected chi connectivity index (χ1v) is 15.2. The highest BCUT2D eigenvalue weighted by Crippen LogP contribution is 2.37. The summed E-state index contributed by atoms with van der Waals surface area (Å²) in [4.78, 5) is 36.1. The molecule has 2 N–H and O–H groups in total. The molecule has 0 saturated carbocycles. The number of hydrogen-bond acceptors (Lipinski definition) is 7. The van der Waals surface area contributed by atoms with Crippen LogP contribution in [0.5, 0.6) is 0 Å². The molecule has 1 amide bonds. The molecule has 14 heteroatoms. The van der Waals surface area contributed by atoms with Crippen LogP contribution in [0.2, 0.25) is 10.2 Å². The molecule has 1 aliphatic rings. The highest BCUT2D eigenvalue weighted by Gasteiger charge is 2.32. The maximum absolute atomic E-state index is 14.4. The van der Waals surface area contributed by atoms with Gasteiger partial charge in [0.05, 0.1) is 35.6 Å². The van der Waals surface area contributed by atoms with Crippen LogP contribution in [0.3, 0.4) is 0 Å². The quantitative estimate of drug-likeness (QED) is 0.226. The molecular formula is C32H27Cl2F2N7O3. The molecule has 1 aliphatic heterocycles. The van der Waals surface area contributed by atoms with Crippen molar-refractivity contribution in [1.29, 1.82) is 0 Å². The van der Waals surface area contributed by atoms with Gasteiger partial charge in [-0.1, -0.05) is 53.9 Å². The number of halogens is 4. The third-order valence-corrected chi connectivity index (χ3v) is 8.42. The Morgan fingerprint density at radius 1 is 1.02 bits per heavy atom. The first kappa shape index (κ1) is 31.5. The Morgan fingerprint density at radius 3 is 2.59 bits per heavy atom. The summed E-state index contributed by atoms with van der Waals surface area (Å²) in [6.45, 7) is 0.388. The fourth-order valence-corrected chi connectivity index (χ4v) is 5.81. The average Bonchev–Trinajstić information content (AvgIpc) is 3.48. The highest BCUT2D eigenvalue weighted by molar-refractivity contribution is 6.31. The van der Waals surface area contributed by atoms with Crippen molar-refractivity contribution in [3.63, 3.8) is 0 Å². The Labute approximate surface area is 271 Å². The molecule has 10 nitrogen and oxygen atoms in total. The molecule has 4 heterocycles. The number of aliphatic hydroxyl groups is 1. The van der Waals surface area contributed by atoms with Crippen LogP contribution in [0.25, 0.3) is 28.1 Å². The zero-order chi connectivity index (χ0) is 32.6. The van der Waals surface area contributed by atoms with E-state index in [1.165, 1.54) is 46.0 Å². The fourth-order valence-electron chi connectivity index (χ4n) is 5.52. The molecule has 6 rings (SSSR count). The molecule has 5 aromatic rings. The van der Waals surface area contributed by atoms with Gasteiger partial charge < -0.3 is 10.4 Å². The molecular weight excluding hydrogens is 639 g/mol. The lowest BCUT2D eigenvalue weighted by atomic mass is 9.94. The number of hydrogen-bond donors (Lipinski definition) is 2. The van der Waals surface area contributed by atoms with E-state index in [1.54, 1.807) is 43.5 Å². The summed E-state index contributed by atoms with van der Waals surface area (Å²) < 4.78 is 31.8.